The average molecular weight is 453 g/mol. The lowest BCUT2D eigenvalue weighted by Gasteiger charge is -2.57. The second-order valence-corrected chi connectivity index (χ2v) is 8.89. The summed E-state index contributed by atoms with van der Waals surface area (Å²) in [6.07, 6.45) is 8.79. The second-order valence-electron chi connectivity index (χ2n) is 8.89. The maximum atomic E-state index is 13.2. The van der Waals surface area contributed by atoms with Gasteiger partial charge in [0.25, 0.3) is 5.91 Å². The minimum Gasteiger partial charge on any atom is -0.395 e. The van der Waals surface area contributed by atoms with Gasteiger partial charge in [-0.05, 0) is 61.3 Å². The van der Waals surface area contributed by atoms with E-state index in [9.17, 15) is 9.90 Å². The van der Waals surface area contributed by atoms with E-state index in [1.165, 1.54) is 5.56 Å². The molecule has 1 aromatic carbocycles. The molecule has 0 bridgehead atoms. The number of aliphatic hydroxyl groups is 1. The van der Waals surface area contributed by atoms with Gasteiger partial charge in [-0.3, -0.25) is 19.7 Å². The SMILES string of the molecule is O=C(c1cccnc1)N1CCCCN2[C@@H](CO)[C@H](c3ccc(C#Cc4cccnc4)cc3)[C@@H]2C1. The van der Waals surface area contributed by atoms with Crippen LogP contribution in [0, 0.1) is 11.8 Å². The Balaban J connectivity index is 1.35. The van der Waals surface area contributed by atoms with E-state index in [1.54, 1.807) is 30.9 Å². The van der Waals surface area contributed by atoms with Crippen molar-refractivity contribution in [1.29, 1.82) is 0 Å². The third-order valence-electron chi connectivity index (χ3n) is 6.87. The largest absolute Gasteiger partial charge is 0.395 e. The first-order valence-electron chi connectivity index (χ1n) is 11.8. The van der Waals surface area contributed by atoms with E-state index in [0.717, 1.165) is 37.1 Å². The molecule has 34 heavy (non-hydrogen) atoms. The lowest BCUT2D eigenvalue weighted by Crippen LogP contribution is -2.67. The first kappa shape index (κ1) is 22.3. The van der Waals surface area contributed by atoms with Gasteiger partial charge in [-0.1, -0.05) is 24.0 Å². The van der Waals surface area contributed by atoms with Crippen LogP contribution in [0.4, 0.5) is 0 Å². The van der Waals surface area contributed by atoms with Crippen LogP contribution in [0.3, 0.4) is 0 Å². The minimum absolute atomic E-state index is 0.0298. The molecular formula is C28H28N4O2. The zero-order valence-electron chi connectivity index (χ0n) is 19.0. The number of aromatic nitrogens is 2. The predicted octanol–water partition coefficient (Wildman–Crippen LogP) is 2.94. The molecule has 6 nitrogen and oxygen atoms in total. The number of hydrogen-bond acceptors (Lipinski definition) is 5. The van der Waals surface area contributed by atoms with Crippen LogP contribution in [0.2, 0.25) is 0 Å². The summed E-state index contributed by atoms with van der Waals surface area (Å²) in [4.78, 5) is 25.7. The summed E-state index contributed by atoms with van der Waals surface area (Å²) in [6.45, 7) is 2.46. The maximum Gasteiger partial charge on any atom is 0.255 e. The van der Waals surface area contributed by atoms with E-state index in [0.29, 0.717) is 12.1 Å². The molecule has 4 heterocycles. The van der Waals surface area contributed by atoms with Gasteiger partial charge in [-0.2, -0.15) is 0 Å². The van der Waals surface area contributed by atoms with Crippen molar-refractivity contribution in [2.24, 2.45) is 0 Å². The first-order valence-corrected chi connectivity index (χ1v) is 11.8. The van der Waals surface area contributed by atoms with E-state index in [4.69, 9.17) is 0 Å². The maximum absolute atomic E-state index is 13.2. The van der Waals surface area contributed by atoms with Crippen molar-refractivity contribution in [3.05, 3.63) is 95.6 Å². The Morgan fingerprint density at radius 2 is 1.68 bits per heavy atom. The highest BCUT2D eigenvalue weighted by Gasteiger charge is 2.49. The molecule has 2 aliphatic heterocycles. The molecule has 3 atom stereocenters. The van der Waals surface area contributed by atoms with Crippen molar-refractivity contribution in [3.63, 3.8) is 0 Å². The fourth-order valence-electron chi connectivity index (χ4n) is 5.17. The van der Waals surface area contributed by atoms with Crippen LogP contribution in [0.1, 0.15) is 45.8 Å². The number of benzene rings is 1. The zero-order chi connectivity index (χ0) is 23.3. The number of carbonyl (C=O) groups is 1. The molecule has 3 aromatic rings. The van der Waals surface area contributed by atoms with E-state index in [1.807, 2.05) is 35.2 Å². The molecule has 2 fully saturated rings. The predicted molar refractivity (Wildman–Crippen MR) is 130 cm³/mol. The Morgan fingerprint density at radius 3 is 2.38 bits per heavy atom. The zero-order valence-corrected chi connectivity index (χ0v) is 19.0. The normalized spacial score (nSPS) is 22.4. The average Bonchev–Trinajstić information content (AvgIpc) is 2.88. The first-order chi connectivity index (χ1) is 16.7. The molecule has 2 aromatic heterocycles. The third-order valence-corrected chi connectivity index (χ3v) is 6.87. The molecule has 1 N–H and O–H groups in total. The summed E-state index contributed by atoms with van der Waals surface area (Å²) in [5, 5.41) is 10.2. The van der Waals surface area contributed by atoms with Crippen molar-refractivity contribution in [1.82, 2.24) is 19.8 Å². The standard InChI is InChI=1S/C28H28N4O2/c33-20-26-27(23-11-9-21(10-12-23)7-8-22-5-3-13-29-17-22)25-19-31(15-1-2-16-32(25)26)28(34)24-6-4-14-30-18-24/h3-6,9-14,17-18,25-27,33H,1-2,15-16,19-20H2/t25-,26-,27+/m0/s1. The van der Waals surface area contributed by atoms with Crippen molar-refractivity contribution >= 4 is 5.91 Å². The topological polar surface area (TPSA) is 69.6 Å². The van der Waals surface area contributed by atoms with Gasteiger partial charge >= 0.3 is 0 Å². The number of hydrogen-bond donors (Lipinski definition) is 1. The molecule has 0 saturated carbocycles. The fourth-order valence-corrected chi connectivity index (χ4v) is 5.17. The Hall–Kier alpha value is -3.53. The summed E-state index contributed by atoms with van der Waals surface area (Å²) in [6, 6.07) is 16.0. The van der Waals surface area contributed by atoms with Gasteiger partial charge in [0.05, 0.1) is 12.2 Å². The van der Waals surface area contributed by atoms with Crippen LogP contribution in [-0.2, 0) is 0 Å². The number of amides is 1. The number of carbonyl (C=O) groups excluding carboxylic acids is 1. The van der Waals surface area contributed by atoms with Crippen LogP contribution in [-0.4, -0.2) is 69.1 Å². The Labute approximate surface area is 200 Å². The van der Waals surface area contributed by atoms with E-state index in [2.05, 4.69) is 38.8 Å². The molecule has 172 valence electrons. The molecule has 0 spiro atoms. The van der Waals surface area contributed by atoms with Gasteiger partial charge in [0.1, 0.15) is 0 Å². The minimum atomic E-state index is 0.0298. The highest BCUT2D eigenvalue weighted by Crippen LogP contribution is 2.42. The van der Waals surface area contributed by atoms with Gasteiger partial charge in [0.2, 0.25) is 0 Å². The van der Waals surface area contributed by atoms with Gasteiger partial charge in [-0.15, -0.1) is 0 Å². The van der Waals surface area contributed by atoms with Crippen molar-refractivity contribution < 1.29 is 9.90 Å². The summed E-state index contributed by atoms with van der Waals surface area (Å²) in [5.74, 6) is 6.54. The van der Waals surface area contributed by atoms with Gasteiger partial charge in [0, 0.05) is 67.0 Å². The molecule has 0 aliphatic carbocycles. The van der Waals surface area contributed by atoms with Gasteiger partial charge < -0.3 is 10.0 Å². The second kappa shape index (κ2) is 10.2. The molecule has 1 amide bonds. The lowest BCUT2D eigenvalue weighted by atomic mass is 9.74. The van der Waals surface area contributed by atoms with Crippen LogP contribution in [0.15, 0.2) is 73.3 Å². The number of aliphatic hydroxyl groups excluding tert-OH is 1. The van der Waals surface area contributed by atoms with Gasteiger partial charge in [0.15, 0.2) is 0 Å². The Bertz CT molecular complexity index is 1170. The summed E-state index contributed by atoms with van der Waals surface area (Å²) >= 11 is 0. The molecule has 6 heteroatoms. The Morgan fingerprint density at radius 1 is 0.941 bits per heavy atom. The summed E-state index contributed by atoms with van der Waals surface area (Å²) in [7, 11) is 0. The van der Waals surface area contributed by atoms with Crippen molar-refractivity contribution in [2.75, 3.05) is 26.2 Å². The molecular weight excluding hydrogens is 424 g/mol. The lowest BCUT2D eigenvalue weighted by molar-refractivity contribution is -0.0606. The number of rotatable bonds is 3. The molecule has 0 radical (unpaired) electrons. The number of nitrogens with zero attached hydrogens (tertiary/aromatic N) is 4. The monoisotopic (exact) mass is 452 g/mol. The molecule has 2 saturated heterocycles. The fraction of sp³-hybridized carbons (Fsp3) is 0.321. The number of pyridine rings is 2. The summed E-state index contributed by atoms with van der Waals surface area (Å²) < 4.78 is 0. The van der Waals surface area contributed by atoms with E-state index < -0.39 is 0 Å². The van der Waals surface area contributed by atoms with Crippen molar-refractivity contribution in [3.8, 4) is 11.8 Å². The van der Waals surface area contributed by atoms with Crippen LogP contribution >= 0.6 is 0 Å². The van der Waals surface area contributed by atoms with Crippen LogP contribution in [0.5, 0.6) is 0 Å². The van der Waals surface area contributed by atoms with Crippen LogP contribution < -0.4 is 0 Å². The molecule has 2 aliphatic rings. The number of fused-ring (bicyclic) bond motifs is 1. The summed E-state index contributed by atoms with van der Waals surface area (Å²) in [5.41, 5.74) is 3.63. The quantitative estimate of drug-likeness (QED) is 0.619. The van der Waals surface area contributed by atoms with E-state index >= 15 is 0 Å². The molecule has 0 unspecified atom stereocenters. The van der Waals surface area contributed by atoms with Gasteiger partial charge in [-0.25, -0.2) is 0 Å². The van der Waals surface area contributed by atoms with Crippen LogP contribution in [0.25, 0.3) is 0 Å². The molecule has 5 rings (SSSR count). The smallest absolute Gasteiger partial charge is 0.255 e. The third kappa shape index (κ3) is 4.58. The van der Waals surface area contributed by atoms with E-state index in [-0.39, 0.29) is 30.5 Å². The van der Waals surface area contributed by atoms with Crippen molar-refractivity contribution in [2.45, 2.75) is 30.8 Å². The highest BCUT2D eigenvalue weighted by molar-refractivity contribution is 5.93. The Kier molecular flexibility index (Phi) is 6.66. The highest BCUT2D eigenvalue weighted by atomic mass is 16.3.